The molecule has 2 aliphatic rings. The number of fused-ring (bicyclic) bond motifs is 1. The normalized spacial score (nSPS) is 24.6. The number of piperidine rings is 1. The summed E-state index contributed by atoms with van der Waals surface area (Å²) in [6, 6.07) is 6.64. The molecule has 1 aromatic rings. The molecular weight excluding hydrogens is 260 g/mol. The fraction of sp³-hybridized carbons (Fsp3) is 0.667. The molecule has 21 heavy (non-hydrogen) atoms. The third-order valence-electron chi connectivity index (χ3n) is 4.66. The van der Waals surface area contributed by atoms with E-state index in [9.17, 15) is 0 Å². The third kappa shape index (κ3) is 3.41. The summed E-state index contributed by atoms with van der Waals surface area (Å²) in [5.41, 5.74) is 2.69. The van der Waals surface area contributed by atoms with Crippen LogP contribution in [0.1, 0.15) is 37.8 Å². The first kappa shape index (κ1) is 14.9. The average molecular weight is 288 g/mol. The molecule has 1 aromatic carbocycles. The smallest absolute Gasteiger partial charge is 0.127 e. The second-order valence-corrected chi connectivity index (χ2v) is 7.24. The van der Waals surface area contributed by atoms with E-state index < -0.39 is 0 Å². The van der Waals surface area contributed by atoms with Crippen molar-refractivity contribution in [1.82, 2.24) is 10.2 Å². The van der Waals surface area contributed by atoms with Crippen LogP contribution in [-0.2, 0) is 13.0 Å². The van der Waals surface area contributed by atoms with E-state index in [1.807, 2.05) is 0 Å². The second kappa shape index (κ2) is 5.98. The molecule has 1 N–H and O–H groups in total. The van der Waals surface area contributed by atoms with Gasteiger partial charge in [-0.1, -0.05) is 18.2 Å². The summed E-state index contributed by atoms with van der Waals surface area (Å²) in [4.78, 5) is 2.59. The Balaban J connectivity index is 1.70. The molecule has 0 aromatic heterocycles. The Hall–Kier alpha value is -1.06. The van der Waals surface area contributed by atoms with Gasteiger partial charge in [-0.2, -0.15) is 0 Å². The van der Waals surface area contributed by atoms with Crippen LogP contribution >= 0.6 is 0 Å². The summed E-state index contributed by atoms with van der Waals surface area (Å²) >= 11 is 0. The summed E-state index contributed by atoms with van der Waals surface area (Å²) in [5, 5.41) is 3.32. The summed E-state index contributed by atoms with van der Waals surface area (Å²) in [6.07, 6.45) is 3.69. The third-order valence-corrected chi connectivity index (χ3v) is 4.66. The van der Waals surface area contributed by atoms with Crippen molar-refractivity contribution in [3.8, 4) is 5.75 Å². The Morgan fingerprint density at radius 1 is 1.38 bits per heavy atom. The van der Waals surface area contributed by atoms with Crippen molar-refractivity contribution >= 4 is 0 Å². The maximum atomic E-state index is 6.20. The zero-order valence-corrected chi connectivity index (χ0v) is 13.6. The van der Waals surface area contributed by atoms with Gasteiger partial charge in [0.2, 0.25) is 0 Å². The van der Waals surface area contributed by atoms with Gasteiger partial charge in [0.05, 0.1) is 0 Å². The van der Waals surface area contributed by atoms with Gasteiger partial charge in [-0.25, -0.2) is 0 Å². The maximum absolute atomic E-state index is 6.20. The zero-order valence-electron chi connectivity index (χ0n) is 13.6. The minimum atomic E-state index is -0.0466. The van der Waals surface area contributed by atoms with Gasteiger partial charge in [-0.05, 0) is 58.3 Å². The Bertz CT molecular complexity index is 496. The SMILES string of the molecule is CNCC1CCCN(Cc2cccc3c2OC(C)(C)C3)C1. The molecule has 0 aliphatic carbocycles. The average Bonchev–Trinajstić information content (AvgIpc) is 2.75. The summed E-state index contributed by atoms with van der Waals surface area (Å²) in [6.45, 7) is 8.94. The van der Waals surface area contributed by atoms with E-state index in [1.54, 1.807) is 0 Å². The Labute approximate surface area is 128 Å². The monoisotopic (exact) mass is 288 g/mol. The van der Waals surface area contributed by atoms with Gasteiger partial charge in [-0.15, -0.1) is 0 Å². The minimum Gasteiger partial charge on any atom is -0.487 e. The second-order valence-electron chi connectivity index (χ2n) is 7.24. The van der Waals surface area contributed by atoms with Gasteiger partial charge in [0.15, 0.2) is 0 Å². The van der Waals surface area contributed by atoms with Crippen molar-refractivity contribution in [1.29, 1.82) is 0 Å². The van der Waals surface area contributed by atoms with Crippen LogP contribution in [0.15, 0.2) is 18.2 Å². The predicted octanol–water partition coefficient (Wildman–Crippen LogP) is 2.83. The molecule has 1 unspecified atom stereocenters. The highest BCUT2D eigenvalue weighted by molar-refractivity contribution is 5.45. The first-order chi connectivity index (χ1) is 10.1. The van der Waals surface area contributed by atoms with Crippen molar-refractivity contribution in [3.63, 3.8) is 0 Å². The lowest BCUT2D eigenvalue weighted by atomic mass is 9.97. The lowest BCUT2D eigenvalue weighted by Crippen LogP contribution is -2.38. The van der Waals surface area contributed by atoms with Crippen LogP contribution in [-0.4, -0.2) is 37.2 Å². The van der Waals surface area contributed by atoms with E-state index >= 15 is 0 Å². The van der Waals surface area contributed by atoms with E-state index in [4.69, 9.17) is 4.74 Å². The molecule has 0 radical (unpaired) electrons. The molecule has 0 saturated carbocycles. The number of hydrogen-bond donors (Lipinski definition) is 1. The zero-order chi connectivity index (χ0) is 14.9. The quantitative estimate of drug-likeness (QED) is 0.922. The number of ether oxygens (including phenoxy) is 1. The van der Waals surface area contributed by atoms with Crippen molar-refractivity contribution in [2.24, 2.45) is 5.92 Å². The van der Waals surface area contributed by atoms with Crippen LogP contribution in [0.2, 0.25) is 0 Å². The standard InChI is InChI=1S/C18H28N2O/c1-18(2)10-15-7-4-8-16(17(15)21-18)13-20-9-5-6-14(12-20)11-19-3/h4,7-8,14,19H,5-6,9-13H2,1-3H3. The topological polar surface area (TPSA) is 24.5 Å². The highest BCUT2D eigenvalue weighted by Crippen LogP contribution is 2.38. The molecule has 0 bridgehead atoms. The highest BCUT2D eigenvalue weighted by Gasteiger charge is 2.32. The number of rotatable bonds is 4. The van der Waals surface area contributed by atoms with Gasteiger partial charge in [-0.3, -0.25) is 4.90 Å². The van der Waals surface area contributed by atoms with E-state index in [0.717, 1.165) is 31.2 Å². The molecular formula is C18H28N2O. The number of benzene rings is 1. The first-order valence-corrected chi connectivity index (χ1v) is 8.24. The summed E-state index contributed by atoms with van der Waals surface area (Å²) in [5.74, 6) is 1.94. The van der Waals surface area contributed by atoms with E-state index in [2.05, 4.69) is 49.3 Å². The minimum absolute atomic E-state index is 0.0466. The van der Waals surface area contributed by atoms with Gasteiger partial charge < -0.3 is 10.1 Å². The molecule has 1 atom stereocenters. The summed E-state index contributed by atoms with van der Waals surface area (Å²) in [7, 11) is 2.05. The largest absolute Gasteiger partial charge is 0.487 e. The number of hydrogen-bond acceptors (Lipinski definition) is 3. The highest BCUT2D eigenvalue weighted by atomic mass is 16.5. The molecule has 3 nitrogen and oxygen atoms in total. The lowest BCUT2D eigenvalue weighted by molar-refractivity contribution is 0.131. The van der Waals surface area contributed by atoms with Gasteiger partial charge >= 0.3 is 0 Å². The molecule has 0 spiro atoms. The molecule has 3 rings (SSSR count). The van der Waals surface area contributed by atoms with Gasteiger partial charge in [0.1, 0.15) is 11.4 Å². The van der Waals surface area contributed by atoms with Crippen molar-refractivity contribution in [3.05, 3.63) is 29.3 Å². The van der Waals surface area contributed by atoms with Crippen LogP contribution in [0, 0.1) is 5.92 Å². The molecule has 1 fully saturated rings. The lowest BCUT2D eigenvalue weighted by Gasteiger charge is -2.33. The fourth-order valence-electron chi connectivity index (χ4n) is 3.79. The van der Waals surface area contributed by atoms with Gasteiger partial charge in [0.25, 0.3) is 0 Å². The molecule has 3 heteroatoms. The van der Waals surface area contributed by atoms with Crippen LogP contribution in [0.25, 0.3) is 0 Å². The Morgan fingerprint density at radius 3 is 3.05 bits per heavy atom. The van der Waals surface area contributed by atoms with Crippen LogP contribution in [0.4, 0.5) is 0 Å². The molecule has 0 amide bonds. The van der Waals surface area contributed by atoms with Crippen LogP contribution in [0.5, 0.6) is 5.75 Å². The Morgan fingerprint density at radius 2 is 2.24 bits per heavy atom. The predicted molar refractivity (Wildman–Crippen MR) is 86.8 cm³/mol. The molecule has 2 heterocycles. The van der Waals surface area contributed by atoms with Crippen LogP contribution < -0.4 is 10.1 Å². The van der Waals surface area contributed by atoms with Crippen molar-refractivity contribution < 1.29 is 4.74 Å². The van der Waals surface area contributed by atoms with Crippen LogP contribution in [0.3, 0.4) is 0 Å². The number of likely N-dealkylation sites (tertiary alicyclic amines) is 1. The fourth-order valence-corrected chi connectivity index (χ4v) is 3.79. The van der Waals surface area contributed by atoms with Gasteiger partial charge in [0, 0.05) is 25.1 Å². The first-order valence-electron chi connectivity index (χ1n) is 8.24. The molecule has 116 valence electrons. The van der Waals surface area contributed by atoms with E-state index in [-0.39, 0.29) is 5.60 Å². The number of para-hydroxylation sites is 1. The molecule has 1 saturated heterocycles. The van der Waals surface area contributed by atoms with E-state index in [0.29, 0.717) is 0 Å². The number of nitrogens with zero attached hydrogens (tertiary/aromatic N) is 1. The maximum Gasteiger partial charge on any atom is 0.127 e. The summed E-state index contributed by atoms with van der Waals surface area (Å²) < 4.78 is 6.20. The van der Waals surface area contributed by atoms with E-state index in [1.165, 1.54) is 37.1 Å². The van der Waals surface area contributed by atoms with Crippen molar-refractivity contribution in [2.45, 2.75) is 45.3 Å². The molecule has 2 aliphatic heterocycles. The Kier molecular flexibility index (Phi) is 4.23. The number of nitrogens with one attached hydrogen (secondary N) is 1. The van der Waals surface area contributed by atoms with Crippen molar-refractivity contribution in [2.75, 3.05) is 26.7 Å².